The first-order chi connectivity index (χ1) is 19.3. The Bertz CT molecular complexity index is 1420. The Morgan fingerprint density at radius 2 is 1.59 bits per heavy atom. The summed E-state index contributed by atoms with van der Waals surface area (Å²) in [7, 11) is 1.21. The summed E-state index contributed by atoms with van der Waals surface area (Å²) in [5.74, 6) is -6.43. The minimum atomic E-state index is -4.94. The molecule has 1 heterocycles. The van der Waals surface area contributed by atoms with Gasteiger partial charge < -0.3 is 24.4 Å². The van der Waals surface area contributed by atoms with Gasteiger partial charge in [-0.25, -0.2) is 13.2 Å². The standard InChI is InChI=1S/C28H24F6N2O5/c1-14(2)40-20-9-16(29)8-17(10-20)36-13-21(24-22(30)11-19(39-3)12-23(24)31)25(27(36)38)35-26(37)15-4-6-18(7-5-15)41-28(32,33)34/h4-12,14,21,25H,13H2,1-3H3,(H,35,37)/t21-,25?/m0/s1. The van der Waals surface area contributed by atoms with E-state index in [1.807, 2.05) is 0 Å². The van der Waals surface area contributed by atoms with E-state index in [2.05, 4.69) is 10.1 Å². The molecule has 4 rings (SSSR count). The highest BCUT2D eigenvalue weighted by molar-refractivity contribution is 6.05. The SMILES string of the molecule is COc1cc(F)c([C@@H]2CN(c3cc(F)cc(OC(C)C)c3)C(=O)C2NC(=O)c2ccc(OC(F)(F)F)cc2)c(F)c1. The summed E-state index contributed by atoms with van der Waals surface area (Å²) in [4.78, 5) is 27.7. The van der Waals surface area contributed by atoms with Crippen LogP contribution in [0.25, 0.3) is 0 Å². The van der Waals surface area contributed by atoms with E-state index in [4.69, 9.17) is 9.47 Å². The first kappa shape index (κ1) is 29.6. The van der Waals surface area contributed by atoms with Gasteiger partial charge in [-0.1, -0.05) is 0 Å². The lowest BCUT2D eigenvalue weighted by Crippen LogP contribution is -2.44. The lowest BCUT2D eigenvalue weighted by Gasteiger charge is -2.20. The number of alkyl halides is 3. The number of hydrogen-bond acceptors (Lipinski definition) is 5. The van der Waals surface area contributed by atoms with Crippen LogP contribution in [0.2, 0.25) is 0 Å². The van der Waals surface area contributed by atoms with Crippen molar-refractivity contribution in [1.29, 1.82) is 0 Å². The Morgan fingerprint density at radius 3 is 2.15 bits per heavy atom. The van der Waals surface area contributed by atoms with Gasteiger partial charge in [-0.3, -0.25) is 9.59 Å². The van der Waals surface area contributed by atoms with E-state index >= 15 is 8.78 Å². The van der Waals surface area contributed by atoms with E-state index < -0.39 is 58.9 Å². The van der Waals surface area contributed by atoms with Gasteiger partial charge >= 0.3 is 6.36 Å². The smallest absolute Gasteiger partial charge is 0.497 e. The van der Waals surface area contributed by atoms with Crippen LogP contribution in [-0.4, -0.2) is 44.0 Å². The second-order valence-corrected chi connectivity index (χ2v) is 9.40. The number of hydrogen-bond donors (Lipinski definition) is 1. The molecule has 2 atom stereocenters. The Labute approximate surface area is 230 Å². The Hall–Kier alpha value is -4.42. The maximum absolute atomic E-state index is 15.1. The third-order valence-corrected chi connectivity index (χ3v) is 6.15. The average Bonchev–Trinajstić information content (AvgIpc) is 3.17. The van der Waals surface area contributed by atoms with E-state index in [1.54, 1.807) is 13.8 Å². The summed E-state index contributed by atoms with van der Waals surface area (Å²) in [6, 6.07) is 7.66. The van der Waals surface area contributed by atoms with Gasteiger partial charge in [0.25, 0.3) is 5.91 Å². The van der Waals surface area contributed by atoms with Gasteiger partial charge in [-0.15, -0.1) is 13.2 Å². The molecule has 0 aliphatic carbocycles. The van der Waals surface area contributed by atoms with Crippen molar-refractivity contribution in [3.05, 3.63) is 83.2 Å². The predicted molar refractivity (Wildman–Crippen MR) is 135 cm³/mol. The number of ether oxygens (including phenoxy) is 3. The molecule has 1 aliphatic rings. The minimum absolute atomic E-state index is 0.0235. The number of rotatable bonds is 8. The minimum Gasteiger partial charge on any atom is -0.497 e. The van der Waals surface area contributed by atoms with Crippen molar-refractivity contribution in [2.45, 2.75) is 38.3 Å². The fourth-order valence-corrected chi connectivity index (χ4v) is 4.49. The zero-order valence-electron chi connectivity index (χ0n) is 21.9. The van der Waals surface area contributed by atoms with Crippen molar-refractivity contribution in [2.75, 3.05) is 18.6 Å². The largest absolute Gasteiger partial charge is 0.573 e. The van der Waals surface area contributed by atoms with Gasteiger partial charge in [0, 0.05) is 47.9 Å². The fraction of sp³-hybridized carbons (Fsp3) is 0.286. The number of carbonyl (C=O) groups excluding carboxylic acids is 2. The molecule has 3 aromatic carbocycles. The number of anilines is 1. The molecule has 0 bridgehead atoms. The van der Waals surface area contributed by atoms with Crippen LogP contribution >= 0.6 is 0 Å². The molecule has 3 aromatic rings. The van der Waals surface area contributed by atoms with Gasteiger partial charge in [0.1, 0.15) is 40.7 Å². The van der Waals surface area contributed by atoms with Crippen LogP contribution in [0.3, 0.4) is 0 Å². The number of benzene rings is 3. The van der Waals surface area contributed by atoms with E-state index in [0.29, 0.717) is 0 Å². The number of methoxy groups -OCH3 is 1. The highest BCUT2D eigenvalue weighted by atomic mass is 19.4. The molecule has 7 nitrogen and oxygen atoms in total. The molecule has 1 N–H and O–H groups in total. The second kappa shape index (κ2) is 11.6. The Kier molecular flexibility index (Phi) is 8.36. The molecule has 0 spiro atoms. The van der Waals surface area contributed by atoms with E-state index in [9.17, 15) is 27.2 Å². The van der Waals surface area contributed by atoms with Crippen LogP contribution in [0.15, 0.2) is 54.6 Å². The monoisotopic (exact) mass is 582 g/mol. The Morgan fingerprint density at radius 1 is 0.951 bits per heavy atom. The van der Waals surface area contributed by atoms with Crippen LogP contribution in [0.5, 0.6) is 17.2 Å². The third kappa shape index (κ3) is 6.84. The quantitative estimate of drug-likeness (QED) is 0.344. The third-order valence-electron chi connectivity index (χ3n) is 6.15. The van der Waals surface area contributed by atoms with Gasteiger partial charge in [0.15, 0.2) is 0 Å². The van der Waals surface area contributed by atoms with Crippen LogP contribution < -0.4 is 24.4 Å². The highest BCUT2D eigenvalue weighted by Crippen LogP contribution is 2.38. The molecule has 1 aliphatic heterocycles. The molecule has 1 saturated heterocycles. The summed E-state index contributed by atoms with van der Waals surface area (Å²) in [5, 5.41) is 2.42. The summed E-state index contributed by atoms with van der Waals surface area (Å²) in [5.41, 5.74) is -0.648. The number of carbonyl (C=O) groups is 2. The van der Waals surface area contributed by atoms with Crippen molar-refractivity contribution in [2.24, 2.45) is 0 Å². The van der Waals surface area contributed by atoms with Gasteiger partial charge in [-0.05, 0) is 44.2 Å². The summed E-state index contributed by atoms with van der Waals surface area (Å²) >= 11 is 0. The molecule has 13 heteroatoms. The van der Waals surface area contributed by atoms with Crippen LogP contribution in [-0.2, 0) is 4.79 Å². The van der Waals surface area contributed by atoms with Crippen molar-refractivity contribution in [1.82, 2.24) is 5.32 Å². The first-order valence-corrected chi connectivity index (χ1v) is 12.2. The van der Waals surface area contributed by atoms with E-state index in [1.165, 1.54) is 13.2 Å². The maximum Gasteiger partial charge on any atom is 0.573 e. The molecule has 0 saturated carbocycles. The zero-order chi connectivity index (χ0) is 30.1. The summed E-state index contributed by atoms with van der Waals surface area (Å²) in [6.07, 6.45) is -5.27. The summed E-state index contributed by atoms with van der Waals surface area (Å²) in [6.45, 7) is 3.07. The fourth-order valence-electron chi connectivity index (χ4n) is 4.49. The van der Waals surface area contributed by atoms with Crippen LogP contribution in [0, 0.1) is 17.5 Å². The number of nitrogens with one attached hydrogen (secondary N) is 1. The van der Waals surface area contributed by atoms with Gasteiger partial charge in [-0.2, -0.15) is 0 Å². The van der Waals surface area contributed by atoms with Crippen molar-refractivity contribution in [3.63, 3.8) is 0 Å². The average molecular weight is 582 g/mol. The molecule has 218 valence electrons. The van der Waals surface area contributed by atoms with Gasteiger partial charge in [0.2, 0.25) is 5.91 Å². The van der Waals surface area contributed by atoms with Crippen molar-refractivity contribution >= 4 is 17.5 Å². The van der Waals surface area contributed by atoms with E-state index in [-0.39, 0.29) is 35.4 Å². The van der Waals surface area contributed by atoms with Gasteiger partial charge in [0.05, 0.1) is 18.9 Å². The highest BCUT2D eigenvalue weighted by Gasteiger charge is 2.45. The topological polar surface area (TPSA) is 77.1 Å². The maximum atomic E-state index is 15.1. The normalized spacial score (nSPS) is 17.1. The van der Waals surface area contributed by atoms with Crippen molar-refractivity contribution in [3.8, 4) is 17.2 Å². The molecule has 0 radical (unpaired) electrons. The first-order valence-electron chi connectivity index (χ1n) is 12.2. The molecular weight excluding hydrogens is 558 g/mol. The number of nitrogens with zero attached hydrogens (tertiary/aromatic N) is 1. The molecule has 41 heavy (non-hydrogen) atoms. The zero-order valence-corrected chi connectivity index (χ0v) is 21.9. The second-order valence-electron chi connectivity index (χ2n) is 9.40. The molecule has 0 aromatic heterocycles. The van der Waals surface area contributed by atoms with E-state index in [0.717, 1.165) is 53.4 Å². The molecule has 1 fully saturated rings. The summed E-state index contributed by atoms with van der Waals surface area (Å²) < 4.78 is 96.4. The molecular formula is C28H24F6N2O5. The lowest BCUT2D eigenvalue weighted by molar-refractivity contribution is -0.274. The number of amides is 2. The van der Waals surface area contributed by atoms with Crippen LogP contribution in [0.4, 0.5) is 32.0 Å². The van der Waals surface area contributed by atoms with Crippen LogP contribution in [0.1, 0.15) is 35.7 Å². The number of halogens is 6. The predicted octanol–water partition coefficient (Wildman–Crippen LogP) is 5.73. The lowest BCUT2D eigenvalue weighted by atomic mass is 9.92. The Balaban J connectivity index is 1.70. The molecule has 2 amide bonds. The van der Waals surface area contributed by atoms with Crippen molar-refractivity contribution < 1.29 is 50.1 Å². The molecule has 1 unspecified atom stereocenters.